The monoisotopic (exact) mass is 713 g/mol. The first-order chi connectivity index (χ1) is 23.7. The number of rotatable bonds is 14. The van der Waals surface area contributed by atoms with Crippen molar-refractivity contribution in [2.75, 3.05) is 20.8 Å². The van der Waals surface area contributed by atoms with Crippen LogP contribution in [0.2, 0.25) is 10.0 Å². The molecule has 6 rings (SSSR count). The van der Waals surface area contributed by atoms with Gasteiger partial charge in [-0.1, -0.05) is 59.6 Å². The standard InChI is InChI=1S/C34H35Cl2F2N7O4/c1-47-32-27(14-39-13-18-9-10-29(46)43-18)41-15-25(44-32)23-7-3-5-21(30(23)35)22-6-4-8-24(31(22)36)26-16-42-28(33(45-26)48-2)17-40-19-11-20(12-19)49-34(37)38/h3-8,15-16,18-20,34,39-40H,9-14,17H2,1-2H3,(H,43,46)/t18-,19?,20?/m0/s1. The SMILES string of the molecule is COc1nc(-c2cccc(-c3cccc(-c4cnc(CNC5CC(OC(F)F)C5)c(OC)n4)c3Cl)c2Cl)cnc1CNC[C@@H]1CCC(=O)N1. The van der Waals surface area contributed by atoms with Crippen molar-refractivity contribution >= 4 is 29.1 Å². The maximum absolute atomic E-state index is 12.4. The van der Waals surface area contributed by atoms with Crippen molar-refractivity contribution in [1.29, 1.82) is 0 Å². The minimum atomic E-state index is -2.76. The van der Waals surface area contributed by atoms with Crippen LogP contribution < -0.4 is 25.4 Å². The van der Waals surface area contributed by atoms with Gasteiger partial charge in [0.1, 0.15) is 11.4 Å². The summed E-state index contributed by atoms with van der Waals surface area (Å²) < 4.78 is 40.5. The quantitative estimate of drug-likeness (QED) is 0.147. The van der Waals surface area contributed by atoms with Crippen LogP contribution in [0.15, 0.2) is 48.8 Å². The molecule has 2 aliphatic rings. The van der Waals surface area contributed by atoms with Gasteiger partial charge in [-0.2, -0.15) is 8.78 Å². The molecule has 11 nitrogen and oxygen atoms in total. The van der Waals surface area contributed by atoms with Crippen molar-refractivity contribution < 1.29 is 27.8 Å². The normalized spacial score (nSPS) is 18.8. The Morgan fingerprint density at radius 2 is 1.43 bits per heavy atom. The second kappa shape index (κ2) is 15.7. The van der Waals surface area contributed by atoms with Crippen LogP contribution in [0.4, 0.5) is 8.78 Å². The molecule has 1 aliphatic heterocycles. The number of ether oxygens (including phenoxy) is 3. The summed E-state index contributed by atoms with van der Waals surface area (Å²) >= 11 is 14.0. The third-order valence-electron chi connectivity index (χ3n) is 8.57. The number of halogens is 4. The second-order valence-corrected chi connectivity index (χ2v) is 12.5. The number of aromatic nitrogens is 4. The number of methoxy groups -OCH3 is 2. The van der Waals surface area contributed by atoms with Crippen LogP contribution in [-0.2, 0) is 22.6 Å². The highest BCUT2D eigenvalue weighted by Crippen LogP contribution is 2.42. The maximum atomic E-state index is 12.4. The Morgan fingerprint density at radius 3 is 1.94 bits per heavy atom. The lowest BCUT2D eigenvalue weighted by Crippen LogP contribution is -2.45. The number of nitrogens with one attached hydrogen (secondary N) is 3. The van der Waals surface area contributed by atoms with Gasteiger partial charge in [-0.05, 0) is 19.3 Å². The third-order valence-corrected chi connectivity index (χ3v) is 9.38. The van der Waals surface area contributed by atoms with Crippen molar-refractivity contribution in [3.05, 3.63) is 70.2 Å². The summed E-state index contributed by atoms with van der Waals surface area (Å²) in [4.78, 5) is 30.0. The topological polar surface area (TPSA) is 132 Å². The molecule has 4 aromatic rings. The Morgan fingerprint density at radius 1 is 0.878 bits per heavy atom. The minimum Gasteiger partial charge on any atom is -0.480 e. The van der Waals surface area contributed by atoms with E-state index in [2.05, 4.69) is 35.6 Å². The van der Waals surface area contributed by atoms with Gasteiger partial charge in [-0.15, -0.1) is 0 Å². The lowest BCUT2D eigenvalue weighted by Gasteiger charge is -2.35. The van der Waals surface area contributed by atoms with Crippen LogP contribution >= 0.6 is 23.2 Å². The van der Waals surface area contributed by atoms with E-state index < -0.39 is 12.7 Å². The number of carbonyl (C=O) groups is 1. The van der Waals surface area contributed by atoms with E-state index in [4.69, 9.17) is 37.7 Å². The molecule has 2 aromatic carbocycles. The zero-order valence-corrected chi connectivity index (χ0v) is 28.3. The Kier molecular flexibility index (Phi) is 11.2. The molecule has 0 unspecified atom stereocenters. The molecule has 0 spiro atoms. The molecule has 0 bridgehead atoms. The van der Waals surface area contributed by atoms with Gasteiger partial charge in [0.15, 0.2) is 0 Å². The molecule has 258 valence electrons. The molecule has 1 atom stereocenters. The summed E-state index contributed by atoms with van der Waals surface area (Å²) in [6.45, 7) is -1.37. The summed E-state index contributed by atoms with van der Waals surface area (Å²) in [5.41, 5.74) is 4.89. The van der Waals surface area contributed by atoms with E-state index in [9.17, 15) is 13.6 Å². The van der Waals surface area contributed by atoms with Crippen molar-refractivity contribution in [2.24, 2.45) is 0 Å². The number of hydrogen-bond donors (Lipinski definition) is 3. The van der Waals surface area contributed by atoms with Crippen LogP contribution in [0.3, 0.4) is 0 Å². The number of amides is 1. The van der Waals surface area contributed by atoms with Crippen LogP contribution in [0.5, 0.6) is 11.8 Å². The second-order valence-electron chi connectivity index (χ2n) is 11.8. The van der Waals surface area contributed by atoms with Gasteiger partial charge in [-0.3, -0.25) is 14.8 Å². The lowest BCUT2D eigenvalue weighted by molar-refractivity contribution is -0.185. The number of carbonyl (C=O) groups excluding carboxylic acids is 1. The average Bonchev–Trinajstić information content (AvgIpc) is 3.50. The summed E-state index contributed by atoms with van der Waals surface area (Å²) in [6, 6.07) is 11.3. The van der Waals surface area contributed by atoms with E-state index in [1.165, 1.54) is 14.2 Å². The highest BCUT2D eigenvalue weighted by atomic mass is 35.5. The molecule has 1 aliphatic carbocycles. The van der Waals surface area contributed by atoms with Crippen molar-refractivity contribution in [2.45, 2.75) is 63.6 Å². The molecule has 15 heteroatoms. The van der Waals surface area contributed by atoms with Crippen LogP contribution in [0.25, 0.3) is 33.6 Å². The fraction of sp³-hybridized carbons (Fsp3) is 0.382. The van der Waals surface area contributed by atoms with Crippen LogP contribution in [0.1, 0.15) is 37.1 Å². The first-order valence-corrected chi connectivity index (χ1v) is 16.5. The zero-order chi connectivity index (χ0) is 34.5. The molecule has 1 saturated carbocycles. The van der Waals surface area contributed by atoms with Gasteiger partial charge in [-0.25, -0.2) is 9.97 Å². The van der Waals surface area contributed by atoms with Crippen LogP contribution in [0, 0.1) is 0 Å². The molecule has 2 fully saturated rings. The predicted molar refractivity (Wildman–Crippen MR) is 181 cm³/mol. The van der Waals surface area contributed by atoms with Gasteiger partial charge in [0.25, 0.3) is 0 Å². The van der Waals surface area contributed by atoms with Crippen molar-refractivity contribution in [3.63, 3.8) is 0 Å². The summed E-state index contributed by atoms with van der Waals surface area (Å²) in [7, 11) is 3.05. The van der Waals surface area contributed by atoms with Gasteiger partial charge in [0, 0.05) is 60.4 Å². The third kappa shape index (κ3) is 8.08. The molecule has 1 amide bonds. The fourth-order valence-corrected chi connectivity index (χ4v) is 6.57. The lowest BCUT2D eigenvalue weighted by atomic mass is 9.89. The smallest absolute Gasteiger partial charge is 0.345 e. The first-order valence-electron chi connectivity index (χ1n) is 15.8. The first kappa shape index (κ1) is 34.8. The minimum absolute atomic E-state index is 0.0432. The summed E-state index contributed by atoms with van der Waals surface area (Å²) in [6.07, 6.45) is 5.16. The molecule has 49 heavy (non-hydrogen) atoms. The number of alkyl halides is 2. The molecule has 3 N–H and O–H groups in total. The predicted octanol–water partition coefficient (Wildman–Crippen LogP) is 5.82. The molecular weight excluding hydrogens is 679 g/mol. The van der Waals surface area contributed by atoms with E-state index in [1.54, 1.807) is 12.4 Å². The average molecular weight is 715 g/mol. The Bertz CT molecular complexity index is 1810. The van der Waals surface area contributed by atoms with E-state index in [0.29, 0.717) is 106 Å². The van der Waals surface area contributed by atoms with Crippen molar-refractivity contribution in [1.82, 2.24) is 35.9 Å². The molecule has 2 aromatic heterocycles. The molecule has 0 radical (unpaired) electrons. The number of benzene rings is 2. The van der Waals surface area contributed by atoms with Gasteiger partial charge >= 0.3 is 6.61 Å². The molecule has 3 heterocycles. The summed E-state index contributed by atoms with van der Waals surface area (Å²) in [5, 5.41) is 10.4. The maximum Gasteiger partial charge on any atom is 0.345 e. The zero-order valence-electron chi connectivity index (χ0n) is 26.8. The Hall–Kier alpha value is -4.01. The fourth-order valence-electron chi connectivity index (χ4n) is 5.92. The van der Waals surface area contributed by atoms with Crippen molar-refractivity contribution in [3.8, 4) is 45.4 Å². The van der Waals surface area contributed by atoms with Gasteiger partial charge < -0.3 is 30.2 Å². The highest BCUT2D eigenvalue weighted by molar-refractivity contribution is 6.39. The van der Waals surface area contributed by atoms with Gasteiger partial charge in [0.2, 0.25) is 17.7 Å². The molecular formula is C34H35Cl2F2N7O4. The number of nitrogens with zero attached hydrogens (tertiary/aromatic N) is 4. The highest BCUT2D eigenvalue weighted by Gasteiger charge is 2.32. The van der Waals surface area contributed by atoms with E-state index >= 15 is 0 Å². The summed E-state index contributed by atoms with van der Waals surface area (Å²) in [5.74, 6) is 0.759. The van der Waals surface area contributed by atoms with Gasteiger partial charge in [0.05, 0.1) is 54.2 Å². The molecule has 1 saturated heterocycles. The van der Waals surface area contributed by atoms with E-state index in [-0.39, 0.29) is 18.0 Å². The van der Waals surface area contributed by atoms with E-state index in [1.807, 2.05) is 36.4 Å². The van der Waals surface area contributed by atoms with E-state index in [0.717, 1.165) is 6.42 Å². The number of hydrogen-bond acceptors (Lipinski definition) is 10. The van der Waals surface area contributed by atoms with Crippen LogP contribution in [-0.4, -0.2) is 71.4 Å². The Balaban J connectivity index is 1.18. The largest absolute Gasteiger partial charge is 0.480 e. The Labute approximate surface area is 292 Å².